The molecule has 1 aromatic heterocycles. The van der Waals surface area contributed by atoms with Gasteiger partial charge in [-0.3, -0.25) is 0 Å². The van der Waals surface area contributed by atoms with Gasteiger partial charge in [0.1, 0.15) is 5.82 Å². The molecule has 3 heteroatoms. The molecule has 0 fully saturated rings. The summed E-state index contributed by atoms with van der Waals surface area (Å²) in [5.74, 6) is 3.43. The molecule has 0 aliphatic rings. The number of hydrogen-bond acceptors (Lipinski definition) is 3. The molecule has 0 bridgehead atoms. The van der Waals surface area contributed by atoms with Crippen molar-refractivity contribution in [3.05, 3.63) is 23.9 Å². The fraction of sp³-hybridized carbons (Fsp3) is 0.364. The minimum Gasteiger partial charge on any atom is -0.349 e. The SMILES string of the molecule is C#CCN(C)c1cc([C@H](C)N)ccn1. The summed E-state index contributed by atoms with van der Waals surface area (Å²) >= 11 is 0. The molecule has 0 radical (unpaired) electrons. The largest absolute Gasteiger partial charge is 0.349 e. The van der Waals surface area contributed by atoms with E-state index in [0.717, 1.165) is 11.4 Å². The van der Waals surface area contributed by atoms with Crippen LogP contribution in [0.5, 0.6) is 0 Å². The van der Waals surface area contributed by atoms with Gasteiger partial charge in [0, 0.05) is 19.3 Å². The van der Waals surface area contributed by atoms with Crippen molar-refractivity contribution in [3.8, 4) is 12.3 Å². The Kier molecular flexibility index (Phi) is 3.49. The third kappa shape index (κ3) is 2.48. The number of nitrogens with zero attached hydrogens (tertiary/aromatic N) is 2. The summed E-state index contributed by atoms with van der Waals surface area (Å²) in [5.41, 5.74) is 6.84. The maximum atomic E-state index is 5.77. The van der Waals surface area contributed by atoms with E-state index < -0.39 is 0 Å². The average Bonchev–Trinajstić information content (AvgIpc) is 2.18. The Morgan fingerprint density at radius 1 is 1.71 bits per heavy atom. The monoisotopic (exact) mass is 189 g/mol. The molecule has 1 heterocycles. The summed E-state index contributed by atoms with van der Waals surface area (Å²) in [6.45, 7) is 2.50. The second-order valence-electron chi connectivity index (χ2n) is 3.30. The number of pyridine rings is 1. The number of terminal acetylenes is 1. The van der Waals surface area contributed by atoms with Crippen molar-refractivity contribution >= 4 is 5.82 Å². The van der Waals surface area contributed by atoms with Crippen LogP contribution in [-0.4, -0.2) is 18.6 Å². The van der Waals surface area contributed by atoms with Crippen LogP contribution in [0.3, 0.4) is 0 Å². The van der Waals surface area contributed by atoms with E-state index in [2.05, 4.69) is 10.9 Å². The maximum absolute atomic E-state index is 5.77. The molecule has 0 aliphatic carbocycles. The zero-order valence-electron chi connectivity index (χ0n) is 8.57. The Labute approximate surface area is 84.9 Å². The molecule has 74 valence electrons. The molecule has 1 atom stereocenters. The van der Waals surface area contributed by atoms with Gasteiger partial charge in [-0.25, -0.2) is 4.98 Å². The van der Waals surface area contributed by atoms with Gasteiger partial charge in [0.2, 0.25) is 0 Å². The standard InChI is InChI=1S/C11H15N3/c1-4-7-14(3)11-8-10(9(2)12)5-6-13-11/h1,5-6,8-9H,7,12H2,2-3H3/t9-/m0/s1. The lowest BCUT2D eigenvalue weighted by atomic mass is 10.1. The van der Waals surface area contributed by atoms with Crippen LogP contribution in [0.15, 0.2) is 18.3 Å². The van der Waals surface area contributed by atoms with E-state index in [1.54, 1.807) is 6.20 Å². The van der Waals surface area contributed by atoms with Gasteiger partial charge in [-0.1, -0.05) is 5.92 Å². The minimum atomic E-state index is 0.0241. The summed E-state index contributed by atoms with van der Waals surface area (Å²) in [5, 5.41) is 0. The van der Waals surface area contributed by atoms with Crippen molar-refractivity contribution in [1.82, 2.24) is 4.98 Å². The fourth-order valence-corrected chi connectivity index (χ4v) is 1.14. The lowest BCUT2D eigenvalue weighted by molar-refractivity contribution is 0.813. The first-order valence-corrected chi connectivity index (χ1v) is 4.51. The van der Waals surface area contributed by atoms with Gasteiger partial charge in [-0.2, -0.15) is 0 Å². The number of nitrogens with two attached hydrogens (primary N) is 1. The molecular weight excluding hydrogens is 174 g/mol. The van der Waals surface area contributed by atoms with E-state index in [9.17, 15) is 0 Å². The molecule has 0 amide bonds. The van der Waals surface area contributed by atoms with Crippen molar-refractivity contribution in [1.29, 1.82) is 0 Å². The van der Waals surface area contributed by atoms with Gasteiger partial charge in [-0.15, -0.1) is 6.42 Å². The first-order chi connectivity index (χ1) is 6.65. The summed E-state index contributed by atoms with van der Waals surface area (Å²) < 4.78 is 0. The van der Waals surface area contributed by atoms with E-state index >= 15 is 0 Å². The van der Waals surface area contributed by atoms with Gasteiger partial charge in [0.05, 0.1) is 6.54 Å². The highest BCUT2D eigenvalue weighted by Gasteiger charge is 2.04. The van der Waals surface area contributed by atoms with Crippen LogP contribution >= 0.6 is 0 Å². The zero-order valence-corrected chi connectivity index (χ0v) is 8.57. The van der Waals surface area contributed by atoms with Crippen LogP contribution in [0.25, 0.3) is 0 Å². The molecule has 0 unspecified atom stereocenters. The highest BCUT2D eigenvalue weighted by molar-refractivity contribution is 5.41. The lowest BCUT2D eigenvalue weighted by Gasteiger charge is -2.16. The predicted molar refractivity (Wildman–Crippen MR) is 58.9 cm³/mol. The molecule has 0 saturated heterocycles. The Bertz CT molecular complexity index is 339. The van der Waals surface area contributed by atoms with Crippen molar-refractivity contribution in [2.75, 3.05) is 18.5 Å². The van der Waals surface area contributed by atoms with Crippen molar-refractivity contribution < 1.29 is 0 Å². The van der Waals surface area contributed by atoms with Gasteiger partial charge < -0.3 is 10.6 Å². The number of anilines is 1. The van der Waals surface area contributed by atoms with Gasteiger partial charge in [-0.05, 0) is 24.6 Å². The maximum Gasteiger partial charge on any atom is 0.129 e. The zero-order chi connectivity index (χ0) is 10.6. The van der Waals surface area contributed by atoms with Gasteiger partial charge in [0.25, 0.3) is 0 Å². The van der Waals surface area contributed by atoms with Crippen LogP contribution in [-0.2, 0) is 0 Å². The number of hydrogen-bond donors (Lipinski definition) is 1. The van der Waals surface area contributed by atoms with E-state index in [1.807, 2.05) is 31.0 Å². The van der Waals surface area contributed by atoms with E-state index in [0.29, 0.717) is 6.54 Å². The number of aromatic nitrogens is 1. The van der Waals surface area contributed by atoms with Gasteiger partial charge in [0.15, 0.2) is 0 Å². The lowest BCUT2D eigenvalue weighted by Crippen LogP contribution is -2.19. The van der Waals surface area contributed by atoms with Crippen molar-refractivity contribution in [2.45, 2.75) is 13.0 Å². The second-order valence-corrected chi connectivity index (χ2v) is 3.30. The first-order valence-electron chi connectivity index (χ1n) is 4.51. The fourth-order valence-electron chi connectivity index (χ4n) is 1.14. The van der Waals surface area contributed by atoms with Gasteiger partial charge >= 0.3 is 0 Å². The molecule has 3 nitrogen and oxygen atoms in total. The molecule has 1 rings (SSSR count). The third-order valence-electron chi connectivity index (χ3n) is 2.01. The summed E-state index contributed by atoms with van der Waals surface area (Å²) in [7, 11) is 1.91. The molecule has 0 saturated carbocycles. The second kappa shape index (κ2) is 4.64. The summed E-state index contributed by atoms with van der Waals surface area (Å²) in [6, 6.07) is 3.90. The smallest absolute Gasteiger partial charge is 0.129 e. The van der Waals surface area contributed by atoms with Crippen LogP contribution in [0.4, 0.5) is 5.82 Å². The summed E-state index contributed by atoms with van der Waals surface area (Å²) in [6.07, 6.45) is 6.97. The molecule has 2 N–H and O–H groups in total. The third-order valence-corrected chi connectivity index (χ3v) is 2.01. The molecular formula is C11H15N3. The first kappa shape index (κ1) is 10.6. The Morgan fingerprint density at radius 2 is 2.43 bits per heavy atom. The highest BCUT2D eigenvalue weighted by Crippen LogP contribution is 2.15. The van der Waals surface area contributed by atoms with Crippen LogP contribution in [0, 0.1) is 12.3 Å². The Balaban J connectivity index is 2.89. The van der Waals surface area contributed by atoms with Crippen LogP contribution in [0.1, 0.15) is 18.5 Å². The highest BCUT2D eigenvalue weighted by atomic mass is 15.1. The Morgan fingerprint density at radius 3 is 3.00 bits per heavy atom. The van der Waals surface area contributed by atoms with Crippen LogP contribution in [0.2, 0.25) is 0 Å². The van der Waals surface area contributed by atoms with E-state index in [-0.39, 0.29) is 6.04 Å². The molecule has 0 spiro atoms. The molecule has 0 aliphatic heterocycles. The summed E-state index contributed by atoms with van der Waals surface area (Å²) in [4.78, 5) is 6.12. The molecule has 1 aromatic rings. The quantitative estimate of drug-likeness (QED) is 0.726. The van der Waals surface area contributed by atoms with Crippen molar-refractivity contribution in [2.24, 2.45) is 5.73 Å². The van der Waals surface area contributed by atoms with Crippen molar-refractivity contribution in [3.63, 3.8) is 0 Å². The predicted octanol–water partition coefficient (Wildman–Crippen LogP) is 1.17. The van der Waals surface area contributed by atoms with E-state index in [1.165, 1.54) is 0 Å². The average molecular weight is 189 g/mol. The molecule has 0 aromatic carbocycles. The molecule has 14 heavy (non-hydrogen) atoms. The van der Waals surface area contributed by atoms with Crippen LogP contribution < -0.4 is 10.6 Å². The topological polar surface area (TPSA) is 42.1 Å². The van der Waals surface area contributed by atoms with E-state index in [4.69, 9.17) is 12.2 Å². The Hall–Kier alpha value is -1.53. The number of rotatable bonds is 3. The normalized spacial score (nSPS) is 11.9. The minimum absolute atomic E-state index is 0.0241.